The Hall–Kier alpha value is -1.27. The zero-order valence-electron chi connectivity index (χ0n) is 15.1. The SMILES string of the molecule is Cc1ccc2c(c1)CCc1cc(Br)cnc1C2C1CCN(OCO)CC1. The van der Waals surface area contributed by atoms with Crippen LogP contribution in [0.1, 0.15) is 46.7 Å². The summed E-state index contributed by atoms with van der Waals surface area (Å²) < 4.78 is 1.06. The average Bonchev–Trinajstić information content (AvgIpc) is 2.79. The molecule has 0 saturated carbocycles. The van der Waals surface area contributed by atoms with Gasteiger partial charge in [0.25, 0.3) is 0 Å². The number of aryl methyl sites for hydroxylation is 3. The summed E-state index contributed by atoms with van der Waals surface area (Å²) in [4.78, 5) is 10.2. The fourth-order valence-corrected chi connectivity index (χ4v) is 4.92. The molecule has 1 fully saturated rings. The molecule has 1 aliphatic carbocycles. The van der Waals surface area contributed by atoms with E-state index >= 15 is 0 Å². The lowest BCUT2D eigenvalue weighted by Gasteiger charge is -2.35. The van der Waals surface area contributed by atoms with Crippen LogP contribution in [0.4, 0.5) is 0 Å². The van der Waals surface area contributed by atoms with Gasteiger partial charge in [-0.3, -0.25) is 9.82 Å². The first-order valence-corrected chi connectivity index (χ1v) is 10.2. The number of pyridine rings is 1. The number of fused-ring (bicyclic) bond motifs is 2. The molecule has 26 heavy (non-hydrogen) atoms. The summed E-state index contributed by atoms with van der Waals surface area (Å²) in [5, 5.41) is 10.9. The van der Waals surface area contributed by atoms with Gasteiger partial charge >= 0.3 is 0 Å². The predicted octanol–water partition coefficient (Wildman–Crippen LogP) is 3.98. The van der Waals surface area contributed by atoms with E-state index in [1.165, 1.54) is 27.9 Å². The molecule has 1 aromatic carbocycles. The van der Waals surface area contributed by atoms with Crippen molar-refractivity contribution in [2.24, 2.45) is 5.92 Å². The van der Waals surface area contributed by atoms with Gasteiger partial charge in [-0.2, -0.15) is 5.06 Å². The van der Waals surface area contributed by atoms with Gasteiger partial charge in [-0.15, -0.1) is 0 Å². The number of aliphatic hydroxyl groups is 1. The van der Waals surface area contributed by atoms with Crippen molar-refractivity contribution < 1.29 is 9.94 Å². The highest BCUT2D eigenvalue weighted by molar-refractivity contribution is 9.10. The zero-order chi connectivity index (χ0) is 18.1. The van der Waals surface area contributed by atoms with E-state index in [0.29, 0.717) is 11.8 Å². The van der Waals surface area contributed by atoms with Gasteiger partial charge in [0.05, 0.1) is 5.69 Å². The summed E-state index contributed by atoms with van der Waals surface area (Å²) in [6.07, 6.45) is 6.16. The minimum Gasteiger partial charge on any atom is -0.369 e. The molecule has 1 aliphatic heterocycles. The Kier molecular flexibility index (Phi) is 5.41. The Labute approximate surface area is 163 Å². The van der Waals surface area contributed by atoms with Crippen LogP contribution in [0.2, 0.25) is 0 Å². The molecular weight excluding hydrogens is 392 g/mol. The molecule has 0 bridgehead atoms. The maximum Gasteiger partial charge on any atom is 0.164 e. The Morgan fingerprint density at radius 1 is 1.19 bits per heavy atom. The van der Waals surface area contributed by atoms with Gasteiger partial charge in [0, 0.05) is 29.7 Å². The number of benzene rings is 1. The summed E-state index contributed by atoms with van der Waals surface area (Å²) in [6.45, 7) is 3.64. The third-order valence-corrected chi connectivity index (χ3v) is 6.20. The van der Waals surface area contributed by atoms with E-state index in [9.17, 15) is 0 Å². The average molecular weight is 417 g/mol. The maximum atomic E-state index is 9.00. The fourth-order valence-electron chi connectivity index (χ4n) is 4.54. The highest BCUT2D eigenvalue weighted by atomic mass is 79.9. The van der Waals surface area contributed by atoms with Gasteiger partial charge < -0.3 is 5.11 Å². The van der Waals surface area contributed by atoms with Crippen molar-refractivity contribution >= 4 is 15.9 Å². The predicted molar refractivity (Wildman–Crippen MR) is 105 cm³/mol. The third kappa shape index (κ3) is 3.58. The highest BCUT2D eigenvalue weighted by Crippen LogP contribution is 2.42. The normalized spacial score (nSPS) is 21.1. The number of halogens is 1. The van der Waals surface area contributed by atoms with Crippen LogP contribution in [0.15, 0.2) is 34.9 Å². The molecule has 4 rings (SSSR count). The first kappa shape index (κ1) is 18.1. The Morgan fingerprint density at radius 2 is 1.96 bits per heavy atom. The number of hydrogen-bond acceptors (Lipinski definition) is 4. The number of piperidine rings is 1. The molecule has 1 atom stereocenters. The zero-order valence-corrected chi connectivity index (χ0v) is 16.7. The second-order valence-electron chi connectivity index (χ2n) is 7.40. The minimum atomic E-state index is -0.241. The Bertz CT molecular complexity index is 734. The van der Waals surface area contributed by atoms with E-state index in [4.69, 9.17) is 14.9 Å². The lowest BCUT2D eigenvalue weighted by molar-refractivity contribution is -0.220. The molecule has 2 heterocycles. The smallest absolute Gasteiger partial charge is 0.164 e. The van der Waals surface area contributed by atoms with Crippen molar-refractivity contribution in [3.05, 3.63) is 62.9 Å². The Morgan fingerprint density at radius 3 is 2.73 bits per heavy atom. The van der Waals surface area contributed by atoms with E-state index in [0.717, 1.165) is 43.2 Å². The van der Waals surface area contributed by atoms with Gasteiger partial charge in [-0.25, -0.2) is 0 Å². The monoisotopic (exact) mass is 416 g/mol. The molecular formula is C21H25BrN2O2. The minimum absolute atomic E-state index is 0.241. The van der Waals surface area contributed by atoms with E-state index in [2.05, 4.69) is 47.1 Å². The lowest BCUT2D eigenvalue weighted by Crippen LogP contribution is -2.36. The van der Waals surface area contributed by atoms with Crippen LogP contribution in [-0.2, 0) is 17.7 Å². The van der Waals surface area contributed by atoms with Crippen LogP contribution in [0, 0.1) is 12.8 Å². The molecule has 1 saturated heterocycles. The molecule has 5 heteroatoms. The van der Waals surface area contributed by atoms with Crippen molar-refractivity contribution in [1.82, 2.24) is 10.0 Å². The van der Waals surface area contributed by atoms with Gasteiger partial charge in [0.1, 0.15) is 0 Å². The summed E-state index contributed by atoms with van der Waals surface area (Å²) in [7, 11) is 0. The Balaban J connectivity index is 1.72. The standard InChI is InChI=1S/C21H25BrN2O2/c1-14-2-5-19-16(10-14)3-4-17-11-18(22)12-23-21(17)20(19)15-6-8-24(9-7-15)26-13-25/h2,5,10-12,15,20,25H,3-4,6-9,13H2,1H3. The number of hydroxylamine groups is 2. The molecule has 0 amide bonds. The van der Waals surface area contributed by atoms with Crippen LogP contribution in [0.5, 0.6) is 0 Å². The molecule has 0 radical (unpaired) electrons. The molecule has 138 valence electrons. The summed E-state index contributed by atoms with van der Waals surface area (Å²) in [5.41, 5.74) is 6.86. The number of aromatic nitrogens is 1. The van der Waals surface area contributed by atoms with Gasteiger partial charge in [0.2, 0.25) is 0 Å². The van der Waals surface area contributed by atoms with Gasteiger partial charge in [-0.1, -0.05) is 23.8 Å². The largest absolute Gasteiger partial charge is 0.369 e. The quantitative estimate of drug-likeness (QED) is 0.768. The number of rotatable bonds is 3. The number of aliphatic hydroxyl groups excluding tert-OH is 1. The van der Waals surface area contributed by atoms with Crippen LogP contribution in [0.25, 0.3) is 0 Å². The van der Waals surface area contributed by atoms with E-state index in [1.807, 2.05) is 11.3 Å². The van der Waals surface area contributed by atoms with E-state index in [-0.39, 0.29) is 6.79 Å². The van der Waals surface area contributed by atoms with Crippen LogP contribution in [-0.4, -0.2) is 35.0 Å². The summed E-state index contributed by atoms with van der Waals surface area (Å²) >= 11 is 3.59. The highest BCUT2D eigenvalue weighted by Gasteiger charge is 2.34. The van der Waals surface area contributed by atoms with Crippen molar-refractivity contribution in [1.29, 1.82) is 0 Å². The first-order chi connectivity index (χ1) is 12.7. The topological polar surface area (TPSA) is 45.6 Å². The van der Waals surface area contributed by atoms with Crippen molar-refractivity contribution in [3.63, 3.8) is 0 Å². The molecule has 1 N–H and O–H groups in total. The fraction of sp³-hybridized carbons (Fsp3) is 0.476. The van der Waals surface area contributed by atoms with E-state index < -0.39 is 0 Å². The molecule has 2 aliphatic rings. The van der Waals surface area contributed by atoms with Crippen molar-refractivity contribution in [3.8, 4) is 0 Å². The summed E-state index contributed by atoms with van der Waals surface area (Å²) in [5.74, 6) is 0.882. The molecule has 2 aromatic rings. The number of nitrogens with zero attached hydrogens (tertiary/aromatic N) is 2. The third-order valence-electron chi connectivity index (χ3n) is 5.77. The van der Waals surface area contributed by atoms with Gasteiger partial charge in [-0.05, 0) is 77.2 Å². The molecule has 1 unspecified atom stereocenters. The van der Waals surface area contributed by atoms with E-state index in [1.54, 1.807) is 0 Å². The van der Waals surface area contributed by atoms with Gasteiger partial charge in [0.15, 0.2) is 6.79 Å². The lowest BCUT2D eigenvalue weighted by atomic mass is 9.76. The van der Waals surface area contributed by atoms with Crippen LogP contribution >= 0.6 is 15.9 Å². The second-order valence-corrected chi connectivity index (χ2v) is 8.32. The molecule has 1 aromatic heterocycles. The van der Waals surface area contributed by atoms with Crippen molar-refractivity contribution in [2.45, 2.75) is 38.5 Å². The molecule has 0 spiro atoms. The molecule has 4 nitrogen and oxygen atoms in total. The van der Waals surface area contributed by atoms with Crippen molar-refractivity contribution in [2.75, 3.05) is 19.9 Å². The maximum absolute atomic E-state index is 9.00. The van der Waals surface area contributed by atoms with Crippen LogP contribution in [0.3, 0.4) is 0 Å². The first-order valence-electron chi connectivity index (χ1n) is 9.38. The number of hydrogen-bond donors (Lipinski definition) is 1. The van der Waals surface area contributed by atoms with Crippen LogP contribution < -0.4 is 0 Å². The second kappa shape index (κ2) is 7.77. The summed E-state index contributed by atoms with van der Waals surface area (Å²) in [6, 6.07) is 9.16.